The van der Waals surface area contributed by atoms with Crippen molar-refractivity contribution >= 4 is 56.4 Å². The number of rotatable bonds is 6. The number of carbonyl (C=O) groups excluding carboxylic acids is 2. The highest BCUT2D eigenvalue weighted by Crippen LogP contribution is 2.16. The minimum absolute atomic E-state index is 0.0885. The van der Waals surface area contributed by atoms with Crippen molar-refractivity contribution in [2.75, 3.05) is 17.2 Å². The predicted molar refractivity (Wildman–Crippen MR) is 109 cm³/mol. The number of nitrogens with one attached hydrogen (secondary N) is 3. The zero-order valence-electron chi connectivity index (χ0n) is 14.0. The van der Waals surface area contributed by atoms with Gasteiger partial charge in [-0.3, -0.25) is 9.59 Å². The molecule has 0 aliphatic rings. The van der Waals surface area contributed by atoms with Crippen molar-refractivity contribution in [1.29, 1.82) is 0 Å². The minimum atomic E-state index is -0.264. The lowest BCUT2D eigenvalue weighted by molar-refractivity contribution is -0.119. The number of benzene rings is 2. The van der Waals surface area contributed by atoms with Crippen LogP contribution in [0.3, 0.4) is 0 Å². The van der Waals surface area contributed by atoms with Crippen molar-refractivity contribution in [3.8, 4) is 5.75 Å². The second-order valence-electron chi connectivity index (χ2n) is 5.22. The van der Waals surface area contributed by atoms with Gasteiger partial charge in [0, 0.05) is 22.3 Å². The van der Waals surface area contributed by atoms with Gasteiger partial charge in [-0.15, -0.1) is 0 Å². The number of hydrogen-bond donors (Lipinski definition) is 3. The predicted octanol–water partition coefficient (Wildman–Crippen LogP) is 3.69. The van der Waals surface area contributed by atoms with E-state index in [0.29, 0.717) is 23.5 Å². The van der Waals surface area contributed by atoms with Crippen molar-refractivity contribution in [2.45, 2.75) is 13.3 Å². The van der Waals surface area contributed by atoms with E-state index in [0.717, 1.165) is 4.47 Å². The number of carbonyl (C=O) groups is 2. The van der Waals surface area contributed by atoms with Gasteiger partial charge in [-0.05, 0) is 60.7 Å². The average molecular weight is 436 g/mol. The van der Waals surface area contributed by atoms with Gasteiger partial charge in [-0.2, -0.15) is 0 Å². The van der Waals surface area contributed by atoms with Gasteiger partial charge >= 0.3 is 0 Å². The van der Waals surface area contributed by atoms with Gasteiger partial charge in [-0.25, -0.2) is 0 Å². The first kappa shape index (κ1) is 19.9. The van der Waals surface area contributed by atoms with Crippen LogP contribution in [0.5, 0.6) is 5.75 Å². The van der Waals surface area contributed by atoms with Crippen molar-refractivity contribution < 1.29 is 14.3 Å². The third-order valence-corrected chi connectivity index (χ3v) is 3.92. The molecule has 0 unspecified atom stereocenters. The second kappa shape index (κ2) is 9.88. The van der Waals surface area contributed by atoms with E-state index in [1.54, 1.807) is 43.3 Å². The Balaban J connectivity index is 1.80. The van der Waals surface area contributed by atoms with Crippen LogP contribution in [0.25, 0.3) is 0 Å². The standard InChI is InChI=1S/C18H18BrN3O3S/c1-2-16(23)22-18(26)21-14-7-5-13(6-8-14)20-17(24)11-25-15-9-3-12(19)4-10-15/h3-10H,2,11H2,1H3,(H,20,24)(H2,21,22,23,26). The molecule has 6 nitrogen and oxygen atoms in total. The Labute approximate surface area is 165 Å². The van der Waals surface area contributed by atoms with E-state index in [1.165, 1.54) is 0 Å². The van der Waals surface area contributed by atoms with Crippen LogP contribution < -0.4 is 20.7 Å². The molecule has 0 aliphatic carbocycles. The van der Waals surface area contributed by atoms with E-state index in [1.807, 2.05) is 12.1 Å². The molecular weight excluding hydrogens is 418 g/mol. The number of ether oxygens (including phenoxy) is 1. The average Bonchev–Trinajstić information content (AvgIpc) is 2.62. The molecule has 0 aliphatic heterocycles. The molecule has 0 aromatic heterocycles. The Hall–Kier alpha value is -2.45. The van der Waals surface area contributed by atoms with Gasteiger partial charge in [0.25, 0.3) is 5.91 Å². The highest BCUT2D eigenvalue weighted by Gasteiger charge is 2.05. The molecule has 0 heterocycles. The summed E-state index contributed by atoms with van der Waals surface area (Å²) in [6, 6.07) is 14.2. The van der Waals surface area contributed by atoms with Gasteiger partial charge in [0.2, 0.25) is 5.91 Å². The summed E-state index contributed by atoms with van der Waals surface area (Å²) in [6.45, 7) is 1.66. The van der Waals surface area contributed by atoms with Crippen molar-refractivity contribution in [3.05, 3.63) is 53.0 Å². The molecule has 0 atom stereocenters. The number of thiocarbonyl (C=S) groups is 1. The normalized spacial score (nSPS) is 9.92. The van der Waals surface area contributed by atoms with Gasteiger partial charge in [-0.1, -0.05) is 22.9 Å². The van der Waals surface area contributed by atoms with Crippen LogP contribution in [-0.4, -0.2) is 23.5 Å². The van der Waals surface area contributed by atoms with E-state index < -0.39 is 0 Å². The Morgan fingerprint density at radius 1 is 0.962 bits per heavy atom. The summed E-state index contributed by atoms with van der Waals surface area (Å²) < 4.78 is 6.36. The molecule has 136 valence electrons. The molecule has 0 radical (unpaired) electrons. The molecule has 0 bridgehead atoms. The highest BCUT2D eigenvalue weighted by molar-refractivity contribution is 9.10. The lowest BCUT2D eigenvalue weighted by Crippen LogP contribution is -2.33. The Morgan fingerprint density at radius 3 is 2.12 bits per heavy atom. The van der Waals surface area contributed by atoms with Crippen LogP contribution in [-0.2, 0) is 9.59 Å². The Morgan fingerprint density at radius 2 is 1.54 bits per heavy atom. The number of hydrogen-bond acceptors (Lipinski definition) is 4. The molecule has 26 heavy (non-hydrogen) atoms. The number of anilines is 2. The molecule has 0 saturated carbocycles. The number of amides is 2. The van der Waals surface area contributed by atoms with Gasteiger partial charge in [0.05, 0.1) is 0 Å². The Kier molecular flexibility index (Phi) is 7.55. The summed E-state index contributed by atoms with van der Waals surface area (Å²) in [5, 5.41) is 8.42. The zero-order valence-corrected chi connectivity index (χ0v) is 16.4. The first-order chi connectivity index (χ1) is 12.5. The monoisotopic (exact) mass is 435 g/mol. The van der Waals surface area contributed by atoms with E-state index >= 15 is 0 Å². The molecule has 2 aromatic carbocycles. The molecule has 2 aromatic rings. The smallest absolute Gasteiger partial charge is 0.262 e. The van der Waals surface area contributed by atoms with E-state index in [-0.39, 0.29) is 23.5 Å². The first-order valence-corrected chi connectivity index (χ1v) is 9.05. The highest BCUT2D eigenvalue weighted by atomic mass is 79.9. The quantitative estimate of drug-likeness (QED) is 0.602. The lowest BCUT2D eigenvalue weighted by Gasteiger charge is -2.10. The zero-order chi connectivity index (χ0) is 18.9. The second-order valence-corrected chi connectivity index (χ2v) is 6.55. The first-order valence-electron chi connectivity index (χ1n) is 7.85. The summed E-state index contributed by atoms with van der Waals surface area (Å²) in [4.78, 5) is 23.2. The lowest BCUT2D eigenvalue weighted by atomic mass is 10.3. The van der Waals surface area contributed by atoms with E-state index in [2.05, 4.69) is 31.9 Å². The van der Waals surface area contributed by atoms with Crippen LogP contribution >= 0.6 is 28.1 Å². The molecule has 2 amide bonds. The van der Waals surface area contributed by atoms with Gasteiger partial charge in [0.1, 0.15) is 5.75 Å². The molecule has 8 heteroatoms. The molecule has 3 N–H and O–H groups in total. The van der Waals surface area contributed by atoms with Crippen LogP contribution in [0, 0.1) is 0 Å². The maximum absolute atomic E-state index is 11.9. The SMILES string of the molecule is CCC(=O)NC(=S)Nc1ccc(NC(=O)COc2ccc(Br)cc2)cc1. The maximum atomic E-state index is 11.9. The van der Waals surface area contributed by atoms with Crippen LogP contribution in [0.15, 0.2) is 53.0 Å². The fourth-order valence-electron chi connectivity index (χ4n) is 1.89. The maximum Gasteiger partial charge on any atom is 0.262 e. The fraction of sp³-hybridized carbons (Fsp3) is 0.167. The molecule has 0 spiro atoms. The summed E-state index contributed by atoms with van der Waals surface area (Å²) in [5.41, 5.74) is 1.33. The number of halogens is 1. The molecule has 0 saturated heterocycles. The molecule has 2 rings (SSSR count). The third-order valence-electron chi connectivity index (χ3n) is 3.18. The minimum Gasteiger partial charge on any atom is -0.484 e. The summed E-state index contributed by atoms with van der Waals surface area (Å²) in [7, 11) is 0. The van der Waals surface area contributed by atoms with Crippen molar-refractivity contribution in [2.24, 2.45) is 0 Å². The topological polar surface area (TPSA) is 79.5 Å². The Bertz CT molecular complexity index is 779. The van der Waals surface area contributed by atoms with Crippen LogP contribution in [0.1, 0.15) is 13.3 Å². The van der Waals surface area contributed by atoms with Crippen LogP contribution in [0.4, 0.5) is 11.4 Å². The van der Waals surface area contributed by atoms with Crippen molar-refractivity contribution in [1.82, 2.24) is 5.32 Å². The molecular formula is C18H18BrN3O3S. The molecule has 0 fully saturated rings. The van der Waals surface area contributed by atoms with Gasteiger partial charge in [0.15, 0.2) is 11.7 Å². The third kappa shape index (κ3) is 6.81. The summed E-state index contributed by atoms with van der Waals surface area (Å²) in [6.07, 6.45) is 0.356. The summed E-state index contributed by atoms with van der Waals surface area (Å²) in [5.74, 6) is 0.196. The van der Waals surface area contributed by atoms with Crippen molar-refractivity contribution in [3.63, 3.8) is 0 Å². The van der Waals surface area contributed by atoms with E-state index in [9.17, 15) is 9.59 Å². The van der Waals surface area contributed by atoms with Gasteiger partial charge < -0.3 is 20.7 Å². The van der Waals surface area contributed by atoms with E-state index in [4.69, 9.17) is 17.0 Å². The van der Waals surface area contributed by atoms with Crippen LogP contribution in [0.2, 0.25) is 0 Å². The summed E-state index contributed by atoms with van der Waals surface area (Å²) >= 11 is 8.37. The fourth-order valence-corrected chi connectivity index (χ4v) is 2.39. The largest absolute Gasteiger partial charge is 0.484 e.